The molecule has 0 aromatic heterocycles. The average molecular weight is 134 g/mol. The molecule has 1 atom stereocenters. The minimum atomic E-state index is 0.463. The summed E-state index contributed by atoms with van der Waals surface area (Å²) in [4.78, 5) is 0. The van der Waals surface area contributed by atoms with E-state index in [1.54, 1.807) is 0 Å². The van der Waals surface area contributed by atoms with Crippen LogP contribution in [0.4, 0.5) is 0 Å². The molecule has 10 heavy (non-hydrogen) atoms. The van der Waals surface area contributed by atoms with Gasteiger partial charge in [0, 0.05) is 0 Å². The number of nitrogens with one attached hydrogen (secondary N) is 1. The van der Waals surface area contributed by atoms with Gasteiger partial charge in [0.2, 0.25) is 0 Å². The van der Waals surface area contributed by atoms with Gasteiger partial charge in [-0.2, -0.15) is 5.10 Å². The van der Waals surface area contributed by atoms with Gasteiger partial charge in [0.15, 0.2) is 0 Å². The SMILES string of the molecule is CC1=CC=C2C=NNC2C1. The van der Waals surface area contributed by atoms with Crippen LogP contribution in [0, 0.1) is 0 Å². The van der Waals surface area contributed by atoms with Crippen molar-refractivity contribution in [3.63, 3.8) is 0 Å². The molecule has 52 valence electrons. The van der Waals surface area contributed by atoms with E-state index in [-0.39, 0.29) is 0 Å². The number of fused-ring (bicyclic) bond motifs is 1. The zero-order valence-corrected chi connectivity index (χ0v) is 5.96. The minimum absolute atomic E-state index is 0.463. The van der Waals surface area contributed by atoms with Gasteiger partial charge in [-0.25, -0.2) is 0 Å². The highest BCUT2D eigenvalue weighted by atomic mass is 15.3. The van der Waals surface area contributed by atoms with Gasteiger partial charge in [-0.3, -0.25) is 0 Å². The predicted octanol–water partition coefficient (Wildman–Crippen LogP) is 1.22. The first-order valence-electron chi connectivity index (χ1n) is 3.52. The Bertz CT molecular complexity index is 236. The number of rotatable bonds is 0. The van der Waals surface area contributed by atoms with Crippen LogP contribution in [0.3, 0.4) is 0 Å². The van der Waals surface area contributed by atoms with E-state index in [4.69, 9.17) is 0 Å². The van der Waals surface area contributed by atoms with E-state index in [9.17, 15) is 0 Å². The molecule has 0 spiro atoms. The molecule has 0 saturated heterocycles. The zero-order chi connectivity index (χ0) is 6.97. The first-order valence-corrected chi connectivity index (χ1v) is 3.52. The summed E-state index contributed by atoms with van der Waals surface area (Å²) in [7, 11) is 0. The smallest absolute Gasteiger partial charge is 0.0742 e. The molecule has 1 unspecified atom stereocenters. The minimum Gasteiger partial charge on any atom is -0.302 e. The summed E-state index contributed by atoms with van der Waals surface area (Å²) in [5, 5.41) is 3.99. The molecule has 0 fully saturated rings. The molecule has 1 N–H and O–H groups in total. The maximum absolute atomic E-state index is 3.99. The van der Waals surface area contributed by atoms with E-state index >= 15 is 0 Å². The molecule has 0 saturated carbocycles. The second-order valence-electron chi connectivity index (χ2n) is 2.82. The fraction of sp³-hybridized carbons (Fsp3) is 0.375. The third-order valence-electron chi connectivity index (χ3n) is 1.93. The van der Waals surface area contributed by atoms with Crippen molar-refractivity contribution >= 4 is 6.21 Å². The Morgan fingerprint density at radius 3 is 3.40 bits per heavy atom. The van der Waals surface area contributed by atoms with Crippen molar-refractivity contribution in [2.75, 3.05) is 0 Å². The quantitative estimate of drug-likeness (QED) is 0.529. The van der Waals surface area contributed by atoms with Crippen molar-refractivity contribution in [2.24, 2.45) is 5.10 Å². The largest absolute Gasteiger partial charge is 0.302 e. The molecule has 0 radical (unpaired) electrons. The molecular weight excluding hydrogens is 124 g/mol. The second-order valence-corrected chi connectivity index (χ2v) is 2.82. The van der Waals surface area contributed by atoms with Gasteiger partial charge in [0.25, 0.3) is 0 Å². The standard InChI is InChI=1S/C8H10N2/c1-6-2-3-7-5-9-10-8(7)4-6/h2-3,5,8,10H,4H2,1H3. The van der Waals surface area contributed by atoms with Gasteiger partial charge in [0.1, 0.15) is 0 Å². The predicted molar refractivity (Wildman–Crippen MR) is 41.9 cm³/mol. The normalized spacial score (nSPS) is 28.7. The van der Waals surface area contributed by atoms with Crippen LogP contribution in [0.5, 0.6) is 0 Å². The first kappa shape index (κ1) is 5.71. The van der Waals surface area contributed by atoms with Gasteiger partial charge in [0.05, 0.1) is 12.3 Å². The van der Waals surface area contributed by atoms with Crippen LogP contribution in [0.15, 0.2) is 28.4 Å². The Labute approximate surface area is 60.3 Å². The monoisotopic (exact) mass is 134 g/mol. The Morgan fingerprint density at radius 1 is 1.60 bits per heavy atom. The Balaban J connectivity index is 2.30. The molecule has 1 aliphatic heterocycles. The maximum Gasteiger partial charge on any atom is 0.0742 e. The lowest BCUT2D eigenvalue weighted by atomic mass is 9.96. The molecule has 0 aromatic carbocycles. The van der Waals surface area contributed by atoms with E-state index in [0.29, 0.717) is 6.04 Å². The Kier molecular flexibility index (Phi) is 1.13. The van der Waals surface area contributed by atoms with E-state index in [1.165, 1.54) is 11.1 Å². The Hall–Kier alpha value is -1.05. The molecule has 2 aliphatic rings. The van der Waals surface area contributed by atoms with Crippen LogP contribution < -0.4 is 5.43 Å². The third-order valence-corrected chi connectivity index (χ3v) is 1.93. The van der Waals surface area contributed by atoms with Crippen molar-refractivity contribution in [2.45, 2.75) is 19.4 Å². The fourth-order valence-corrected chi connectivity index (χ4v) is 1.32. The number of nitrogens with zero attached hydrogens (tertiary/aromatic N) is 1. The summed E-state index contributed by atoms with van der Waals surface area (Å²) >= 11 is 0. The first-order chi connectivity index (χ1) is 4.86. The van der Waals surface area contributed by atoms with Gasteiger partial charge in [-0.05, 0) is 18.9 Å². The number of hydrogen-bond donors (Lipinski definition) is 1. The maximum atomic E-state index is 3.99. The highest BCUT2D eigenvalue weighted by molar-refractivity contribution is 5.83. The molecule has 0 bridgehead atoms. The molecule has 0 amide bonds. The highest BCUT2D eigenvalue weighted by Crippen LogP contribution is 2.19. The number of hydrogen-bond acceptors (Lipinski definition) is 2. The summed E-state index contributed by atoms with van der Waals surface area (Å²) in [5.74, 6) is 0. The lowest BCUT2D eigenvalue weighted by Crippen LogP contribution is -2.22. The zero-order valence-electron chi connectivity index (χ0n) is 5.96. The molecule has 2 nitrogen and oxygen atoms in total. The molecule has 2 heteroatoms. The lowest BCUT2D eigenvalue weighted by Gasteiger charge is -2.14. The molecular formula is C8H10N2. The topological polar surface area (TPSA) is 24.4 Å². The molecule has 2 rings (SSSR count). The van der Waals surface area contributed by atoms with E-state index in [0.717, 1.165) is 6.42 Å². The van der Waals surface area contributed by atoms with Crippen molar-refractivity contribution in [3.8, 4) is 0 Å². The van der Waals surface area contributed by atoms with Gasteiger partial charge >= 0.3 is 0 Å². The highest BCUT2D eigenvalue weighted by Gasteiger charge is 2.18. The summed E-state index contributed by atoms with van der Waals surface area (Å²) in [6.45, 7) is 2.15. The summed E-state index contributed by atoms with van der Waals surface area (Å²) in [6, 6.07) is 0.463. The van der Waals surface area contributed by atoms with Crippen molar-refractivity contribution < 1.29 is 0 Å². The van der Waals surface area contributed by atoms with Crippen LogP contribution in [0.1, 0.15) is 13.3 Å². The van der Waals surface area contributed by atoms with Crippen molar-refractivity contribution in [3.05, 3.63) is 23.3 Å². The van der Waals surface area contributed by atoms with Gasteiger partial charge in [-0.1, -0.05) is 17.7 Å². The van der Waals surface area contributed by atoms with E-state index in [1.807, 2.05) is 6.21 Å². The number of hydrazone groups is 1. The summed E-state index contributed by atoms with van der Waals surface area (Å²) in [6.07, 6.45) is 7.29. The number of allylic oxidation sites excluding steroid dienone is 2. The Morgan fingerprint density at radius 2 is 2.50 bits per heavy atom. The average Bonchev–Trinajstić information content (AvgIpc) is 2.33. The molecule has 1 aliphatic carbocycles. The van der Waals surface area contributed by atoms with Crippen molar-refractivity contribution in [1.82, 2.24) is 5.43 Å². The third kappa shape index (κ3) is 0.764. The van der Waals surface area contributed by atoms with Crippen molar-refractivity contribution in [1.29, 1.82) is 0 Å². The van der Waals surface area contributed by atoms with E-state index in [2.05, 4.69) is 29.6 Å². The second kappa shape index (κ2) is 1.97. The van der Waals surface area contributed by atoms with Gasteiger partial charge < -0.3 is 5.43 Å². The van der Waals surface area contributed by atoms with Crippen LogP contribution in [0.2, 0.25) is 0 Å². The van der Waals surface area contributed by atoms with Gasteiger partial charge in [-0.15, -0.1) is 0 Å². The summed E-state index contributed by atoms with van der Waals surface area (Å²) in [5.41, 5.74) is 5.78. The molecule has 0 aromatic rings. The molecule has 1 heterocycles. The van der Waals surface area contributed by atoms with Crippen LogP contribution >= 0.6 is 0 Å². The van der Waals surface area contributed by atoms with Crippen LogP contribution in [0.25, 0.3) is 0 Å². The van der Waals surface area contributed by atoms with Crippen LogP contribution in [-0.2, 0) is 0 Å². The summed E-state index contributed by atoms with van der Waals surface area (Å²) < 4.78 is 0. The van der Waals surface area contributed by atoms with Crippen LogP contribution in [-0.4, -0.2) is 12.3 Å². The van der Waals surface area contributed by atoms with E-state index < -0.39 is 0 Å². The fourth-order valence-electron chi connectivity index (χ4n) is 1.32. The lowest BCUT2D eigenvalue weighted by molar-refractivity contribution is 0.627.